The Kier molecular flexibility index (Phi) is 5.03. The van der Waals surface area contributed by atoms with Crippen molar-refractivity contribution >= 4 is 15.9 Å². The summed E-state index contributed by atoms with van der Waals surface area (Å²) in [5.74, 6) is 0.583. The van der Waals surface area contributed by atoms with E-state index >= 15 is 0 Å². The minimum atomic E-state index is -3.66. The molecule has 9 heteroatoms. The van der Waals surface area contributed by atoms with Crippen LogP contribution in [0.25, 0.3) is 11.7 Å². The Morgan fingerprint density at radius 3 is 2.56 bits per heavy atom. The molecule has 1 N–H and O–H groups in total. The van der Waals surface area contributed by atoms with Gasteiger partial charge in [0.15, 0.2) is 5.76 Å². The van der Waals surface area contributed by atoms with Crippen molar-refractivity contribution < 1.29 is 17.3 Å². The molecule has 3 rings (SSSR count). The van der Waals surface area contributed by atoms with E-state index in [-0.39, 0.29) is 33.9 Å². The summed E-state index contributed by atoms with van der Waals surface area (Å²) in [6, 6.07) is 12.9. The van der Waals surface area contributed by atoms with Crippen molar-refractivity contribution in [1.82, 2.24) is 9.29 Å². The monoisotopic (exact) mass is 386 g/mol. The number of aromatic nitrogens is 1. The van der Waals surface area contributed by atoms with E-state index in [2.05, 4.69) is 10.3 Å². The highest BCUT2D eigenvalue weighted by molar-refractivity contribution is 7.89. The van der Waals surface area contributed by atoms with Crippen molar-refractivity contribution in [1.29, 1.82) is 5.26 Å². The fraction of sp³-hybridized carbons (Fsp3) is 0.222. The minimum absolute atomic E-state index is 0.0259. The second-order valence-corrected chi connectivity index (χ2v) is 8.09. The maximum Gasteiger partial charge on any atom is 0.266 e. The first-order valence-corrected chi connectivity index (χ1v) is 9.49. The summed E-state index contributed by atoms with van der Waals surface area (Å²) in [7, 11) is -0.787. The number of nitriles is 1. The van der Waals surface area contributed by atoms with Gasteiger partial charge in [-0.05, 0) is 12.5 Å². The highest BCUT2D eigenvalue weighted by Gasteiger charge is 2.26. The zero-order chi connectivity index (χ0) is 19.6. The number of benzene rings is 1. The molecule has 0 radical (unpaired) electrons. The molecule has 1 aromatic carbocycles. The smallest absolute Gasteiger partial charge is 0.266 e. The van der Waals surface area contributed by atoms with E-state index < -0.39 is 10.0 Å². The number of hydrogen-bond donors (Lipinski definition) is 1. The van der Waals surface area contributed by atoms with E-state index in [1.165, 1.54) is 20.2 Å². The molecule has 3 aromatic rings. The van der Waals surface area contributed by atoms with E-state index in [0.29, 0.717) is 6.54 Å². The molecular weight excluding hydrogens is 368 g/mol. The van der Waals surface area contributed by atoms with Gasteiger partial charge in [-0.1, -0.05) is 30.3 Å². The maximum absolute atomic E-state index is 12.3. The molecule has 0 atom stereocenters. The second kappa shape index (κ2) is 7.26. The average Bonchev–Trinajstić information content (AvgIpc) is 3.24. The summed E-state index contributed by atoms with van der Waals surface area (Å²) >= 11 is 0. The van der Waals surface area contributed by atoms with Crippen molar-refractivity contribution in [2.45, 2.75) is 18.4 Å². The highest BCUT2D eigenvalue weighted by Crippen LogP contribution is 2.31. The van der Waals surface area contributed by atoms with Gasteiger partial charge in [-0.15, -0.1) is 0 Å². The van der Waals surface area contributed by atoms with Crippen LogP contribution >= 0.6 is 0 Å². The molecule has 0 bridgehead atoms. The molecule has 2 aromatic heterocycles. The van der Waals surface area contributed by atoms with Crippen molar-refractivity contribution in [3.05, 3.63) is 53.4 Å². The Morgan fingerprint density at radius 2 is 1.93 bits per heavy atom. The van der Waals surface area contributed by atoms with Gasteiger partial charge >= 0.3 is 0 Å². The summed E-state index contributed by atoms with van der Waals surface area (Å²) in [6.45, 7) is 1.99. The molecule has 0 amide bonds. The summed E-state index contributed by atoms with van der Waals surface area (Å²) in [5.41, 5.74) is 1.07. The minimum Gasteiger partial charge on any atom is -0.455 e. The quantitative estimate of drug-likeness (QED) is 0.693. The largest absolute Gasteiger partial charge is 0.455 e. The number of anilines is 1. The molecule has 0 aliphatic rings. The maximum atomic E-state index is 12.3. The van der Waals surface area contributed by atoms with Gasteiger partial charge < -0.3 is 14.2 Å². The number of hydrogen-bond acceptors (Lipinski definition) is 7. The topological polar surface area (TPSA) is 112 Å². The Balaban J connectivity index is 1.91. The molecule has 0 aliphatic heterocycles. The van der Waals surface area contributed by atoms with E-state index in [1.54, 1.807) is 6.92 Å². The van der Waals surface area contributed by atoms with Crippen molar-refractivity contribution in [3.63, 3.8) is 0 Å². The Morgan fingerprint density at radius 1 is 1.22 bits per heavy atom. The van der Waals surface area contributed by atoms with Gasteiger partial charge in [0.05, 0.1) is 0 Å². The van der Waals surface area contributed by atoms with E-state index in [1.807, 2.05) is 36.4 Å². The molecule has 8 nitrogen and oxygen atoms in total. The number of rotatable bonds is 6. The first kappa shape index (κ1) is 18.7. The fourth-order valence-corrected chi connectivity index (χ4v) is 3.48. The highest BCUT2D eigenvalue weighted by atomic mass is 32.2. The van der Waals surface area contributed by atoms with Crippen LogP contribution in [0, 0.1) is 18.3 Å². The van der Waals surface area contributed by atoms with Crippen LogP contribution in [0.3, 0.4) is 0 Å². The molecule has 0 saturated carbocycles. The van der Waals surface area contributed by atoms with E-state index in [9.17, 15) is 13.7 Å². The molecule has 140 valence electrons. The Bertz CT molecular complexity index is 1090. The first-order chi connectivity index (χ1) is 12.8. The fourth-order valence-electron chi connectivity index (χ4n) is 2.42. The molecule has 2 heterocycles. The van der Waals surface area contributed by atoms with Crippen LogP contribution in [0.1, 0.15) is 17.0 Å². The van der Waals surface area contributed by atoms with Crippen molar-refractivity contribution in [2.75, 3.05) is 19.4 Å². The van der Waals surface area contributed by atoms with Gasteiger partial charge in [0.25, 0.3) is 5.89 Å². The van der Waals surface area contributed by atoms with Crippen LogP contribution in [0.2, 0.25) is 0 Å². The van der Waals surface area contributed by atoms with Crippen LogP contribution < -0.4 is 5.32 Å². The molecule has 0 unspecified atom stereocenters. The first-order valence-electron chi connectivity index (χ1n) is 8.05. The summed E-state index contributed by atoms with van der Waals surface area (Å²) < 4.78 is 36.9. The van der Waals surface area contributed by atoms with E-state index in [0.717, 1.165) is 9.87 Å². The Labute approximate surface area is 157 Å². The second-order valence-electron chi connectivity index (χ2n) is 5.97. The number of oxazole rings is 1. The van der Waals surface area contributed by atoms with Crippen molar-refractivity contribution in [3.8, 4) is 17.7 Å². The zero-order valence-electron chi connectivity index (χ0n) is 15.1. The van der Waals surface area contributed by atoms with Crippen LogP contribution in [-0.2, 0) is 16.6 Å². The number of furan rings is 1. The van der Waals surface area contributed by atoms with Gasteiger partial charge in [-0.3, -0.25) is 0 Å². The molecule has 0 fully saturated rings. The van der Waals surface area contributed by atoms with Crippen LogP contribution in [0.4, 0.5) is 5.88 Å². The lowest BCUT2D eigenvalue weighted by atomic mass is 10.2. The van der Waals surface area contributed by atoms with Gasteiger partial charge in [0.2, 0.25) is 21.6 Å². The van der Waals surface area contributed by atoms with Gasteiger partial charge in [0.1, 0.15) is 16.7 Å². The lowest BCUT2D eigenvalue weighted by Crippen LogP contribution is -2.22. The third kappa shape index (κ3) is 3.72. The number of nitrogens with one attached hydrogen (secondary N) is 1. The molecule has 27 heavy (non-hydrogen) atoms. The molecule has 0 spiro atoms. The number of sulfonamides is 1. The molecule has 0 aliphatic carbocycles. The van der Waals surface area contributed by atoms with Gasteiger partial charge in [-0.2, -0.15) is 10.2 Å². The van der Waals surface area contributed by atoms with Crippen LogP contribution in [-0.4, -0.2) is 31.8 Å². The Hall–Kier alpha value is -3.09. The third-order valence-electron chi connectivity index (χ3n) is 3.87. The van der Waals surface area contributed by atoms with Gasteiger partial charge in [-0.25, -0.2) is 12.7 Å². The zero-order valence-corrected chi connectivity index (χ0v) is 15.9. The van der Waals surface area contributed by atoms with Crippen LogP contribution in [0.15, 0.2) is 50.1 Å². The summed E-state index contributed by atoms with van der Waals surface area (Å²) in [5, 5.41) is 12.3. The normalized spacial score (nSPS) is 11.5. The van der Waals surface area contributed by atoms with Crippen molar-refractivity contribution in [2.24, 2.45) is 0 Å². The number of nitrogens with zero attached hydrogens (tertiary/aromatic N) is 3. The third-order valence-corrected chi connectivity index (χ3v) is 5.79. The average molecular weight is 386 g/mol. The SMILES string of the molecule is Cc1oc(-c2nc(C#N)c(NCc3ccccc3)o2)cc1S(=O)(=O)N(C)C. The van der Waals surface area contributed by atoms with Gasteiger partial charge in [0, 0.05) is 26.7 Å². The molecular formula is C18H18N4O4S. The molecule has 0 saturated heterocycles. The predicted molar refractivity (Wildman–Crippen MR) is 98.3 cm³/mol. The van der Waals surface area contributed by atoms with E-state index in [4.69, 9.17) is 8.83 Å². The lowest BCUT2D eigenvalue weighted by Gasteiger charge is -2.09. The van der Waals surface area contributed by atoms with Crippen LogP contribution in [0.5, 0.6) is 0 Å². The lowest BCUT2D eigenvalue weighted by molar-refractivity contribution is 0.492. The summed E-state index contributed by atoms with van der Waals surface area (Å²) in [4.78, 5) is 4.13. The standard InChI is InChI=1S/C18H18N4O4S/c1-12-16(27(23,24)22(2)3)9-15(25-12)18-21-14(10-19)17(26-18)20-11-13-7-5-4-6-8-13/h4-9,20H,11H2,1-3H3. The summed E-state index contributed by atoms with van der Waals surface area (Å²) in [6.07, 6.45) is 0. The number of aryl methyl sites for hydroxylation is 1. The predicted octanol–water partition coefficient (Wildman–Crippen LogP) is 2.98.